The second-order valence-corrected chi connectivity index (χ2v) is 3.36. The van der Waals surface area contributed by atoms with Crippen LogP contribution in [-0.4, -0.2) is 19.1 Å². The molecule has 86 valence electrons. The molecular formula is C13H8N4O. The third kappa shape index (κ3) is 3.59. The SMILES string of the molecule is N#CC(=C=N)C=C1C=C(C=C(C#N)C#N)COC1. The first-order chi connectivity index (χ1) is 8.73. The fourth-order valence-corrected chi connectivity index (χ4v) is 1.33. The zero-order valence-corrected chi connectivity index (χ0v) is 9.40. The zero-order valence-electron chi connectivity index (χ0n) is 9.40. The van der Waals surface area contributed by atoms with Crippen molar-refractivity contribution in [2.24, 2.45) is 0 Å². The molecule has 0 saturated heterocycles. The summed E-state index contributed by atoms with van der Waals surface area (Å²) < 4.78 is 5.26. The molecule has 5 heteroatoms. The molecule has 18 heavy (non-hydrogen) atoms. The molecule has 1 aliphatic rings. The Bertz CT molecular complexity index is 595. The first kappa shape index (κ1) is 13.2. The molecule has 1 aliphatic heterocycles. The Balaban J connectivity index is 3.06. The van der Waals surface area contributed by atoms with Crippen LogP contribution < -0.4 is 0 Å². The maximum atomic E-state index is 8.67. The number of hydrogen-bond acceptors (Lipinski definition) is 5. The highest BCUT2D eigenvalue weighted by Crippen LogP contribution is 2.15. The molecular weight excluding hydrogens is 228 g/mol. The van der Waals surface area contributed by atoms with Crippen LogP contribution in [0, 0.1) is 39.4 Å². The van der Waals surface area contributed by atoms with Crippen LogP contribution in [0.25, 0.3) is 0 Å². The van der Waals surface area contributed by atoms with Crippen LogP contribution in [0.5, 0.6) is 0 Å². The van der Waals surface area contributed by atoms with Crippen molar-refractivity contribution in [2.45, 2.75) is 0 Å². The monoisotopic (exact) mass is 236 g/mol. The van der Waals surface area contributed by atoms with Gasteiger partial charge in [-0.2, -0.15) is 15.8 Å². The zero-order chi connectivity index (χ0) is 13.4. The van der Waals surface area contributed by atoms with Gasteiger partial charge in [-0.15, -0.1) is 0 Å². The van der Waals surface area contributed by atoms with Crippen LogP contribution in [0.1, 0.15) is 0 Å². The Kier molecular flexibility index (Phi) is 4.85. The Labute approximate surface area is 104 Å². The Morgan fingerprint density at radius 2 is 1.94 bits per heavy atom. The molecule has 1 heterocycles. The highest BCUT2D eigenvalue weighted by Gasteiger charge is 2.07. The lowest BCUT2D eigenvalue weighted by Gasteiger charge is -2.13. The molecule has 0 aliphatic carbocycles. The highest BCUT2D eigenvalue weighted by atomic mass is 16.5. The van der Waals surface area contributed by atoms with Crippen LogP contribution in [-0.2, 0) is 4.74 Å². The van der Waals surface area contributed by atoms with E-state index in [9.17, 15) is 0 Å². The first-order valence-electron chi connectivity index (χ1n) is 4.94. The number of nitriles is 3. The molecule has 0 atom stereocenters. The molecule has 0 aromatic heterocycles. The van der Waals surface area contributed by atoms with Gasteiger partial charge in [0.2, 0.25) is 0 Å². The van der Waals surface area contributed by atoms with E-state index in [0.717, 1.165) is 0 Å². The molecule has 5 nitrogen and oxygen atoms in total. The molecule has 0 unspecified atom stereocenters. The lowest BCUT2D eigenvalue weighted by molar-refractivity contribution is 0.177. The summed E-state index contributed by atoms with van der Waals surface area (Å²) in [4.78, 5) is 0. The van der Waals surface area contributed by atoms with Crippen molar-refractivity contribution >= 4 is 5.87 Å². The van der Waals surface area contributed by atoms with Gasteiger partial charge in [-0.25, -0.2) is 0 Å². The van der Waals surface area contributed by atoms with Gasteiger partial charge in [-0.1, -0.05) is 6.08 Å². The predicted octanol–water partition coefficient (Wildman–Crippen LogP) is 1.54. The van der Waals surface area contributed by atoms with Gasteiger partial charge in [-0.05, 0) is 29.2 Å². The van der Waals surface area contributed by atoms with Gasteiger partial charge < -0.3 is 4.74 Å². The van der Waals surface area contributed by atoms with Gasteiger partial charge in [0.15, 0.2) is 0 Å². The first-order valence-corrected chi connectivity index (χ1v) is 4.94. The Morgan fingerprint density at radius 1 is 1.22 bits per heavy atom. The fraction of sp³-hybridized carbons (Fsp3) is 0.154. The van der Waals surface area contributed by atoms with E-state index in [1.807, 2.05) is 11.9 Å². The third-order valence-electron chi connectivity index (χ3n) is 2.06. The summed E-state index contributed by atoms with van der Waals surface area (Å²) in [7, 11) is 0. The molecule has 0 radical (unpaired) electrons. The van der Waals surface area contributed by atoms with Crippen LogP contribution in [0.2, 0.25) is 0 Å². The quantitative estimate of drug-likeness (QED) is 0.579. The summed E-state index contributed by atoms with van der Waals surface area (Å²) >= 11 is 0. The van der Waals surface area contributed by atoms with E-state index in [1.165, 1.54) is 12.2 Å². The van der Waals surface area contributed by atoms with E-state index in [-0.39, 0.29) is 11.1 Å². The van der Waals surface area contributed by atoms with E-state index < -0.39 is 0 Å². The van der Waals surface area contributed by atoms with Gasteiger partial charge in [0, 0.05) is 0 Å². The van der Waals surface area contributed by atoms with Crippen molar-refractivity contribution in [1.82, 2.24) is 0 Å². The summed E-state index contributed by atoms with van der Waals surface area (Å²) in [5, 5.41) is 32.8. The van der Waals surface area contributed by atoms with E-state index in [2.05, 4.69) is 0 Å². The van der Waals surface area contributed by atoms with E-state index >= 15 is 0 Å². The summed E-state index contributed by atoms with van der Waals surface area (Å²) in [5.41, 5.74) is 1.46. The average Bonchev–Trinajstić information content (AvgIpc) is 2.42. The second-order valence-electron chi connectivity index (χ2n) is 3.36. The van der Waals surface area contributed by atoms with Crippen molar-refractivity contribution in [3.63, 3.8) is 0 Å². The van der Waals surface area contributed by atoms with Crippen LogP contribution in [0.3, 0.4) is 0 Å². The van der Waals surface area contributed by atoms with Crippen molar-refractivity contribution in [3.05, 3.63) is 40.5 Å². The minimum Gasteiger partial charge on any atom is -0.372 e. The van der Waals surface area contributed by atoms with E-state index in [1.54, 1.807) is 18.2 Å². The number of ether oxygens (including phenoxy) is 1. The number of hydrogen-bond donors (Lipinski definition) is 1. The van der Waals surface area contributed by atoms with Crippen LogP contribution in [0.4, 0.5) is 0 Å². The molecule has 0 aromatic rings. The summed E-state index contributed by atoms with van der Waals surface area (Å²) in [6.07, 6.45) is 4.65. The second kappa shape index (κ2) is 6.63. The molecule has 1 rings (SSSR count). The lowest BCUT2D eigenvalue weighted by Crippen LogP contribution is -2.08. The summed E-state index contributed by atoms with van der Waals surface area (Å²) in [6.45, 7) is 0.624. The molecule has 0 fully saturated rings. The molecule has 0 amide bonds. The normalized spacial score (nSPS) is 15.4. The van der Waals surface area contributed by atoms with Crippen molar-refractivity contribution in [3.8, 4) is 18.2 Å². The van der Waals surface area contributed by atoms with Crippen molar-refractivity contribution in [2.75, 3.05) is 13.2 Å². The average molecular weight is 236 g/mol. The largest absolute Gasteiger partial charge is 0.372 e. The van der Waals surface area contributed by atoms with E-state index in [0.29, 0.717) is 24.4 Å². The Hall–Kier alpha value is -2.90. The maximum Gasteiger partial charge on any atom is 0.130 e. The molecule has 0 saturated carbocycles. The van der Waals surface area contributed by atoms with Gasteiger partial charge in [0.25, 0.3) is 0 Å². The van der Waals surface area contributed by atoms with Crippen LogP contribution >= 0.6 is 0 Å². The number of nitrogens with zero attached hydrogens (tertiary/aromatic N) is 3. The topological polar surface area (TPSA) is 104 Å². The minimum absolute atomic E-state index is 0.00537. The third-order valence-corrected chi connectivity index (χ3v) is 2.06. The number of rotatable bonds is 2. The fourth-order valence-electron chi connectivity index (χ4n) is 1.33. The number of allylic oxidation sites excluding steroid dienone is 3. The standard InChI is InChI=1S/C13H8N4O/c14-4-12(5-15)2-10-1-11(9-18-8-10)3-13(6-16)7-17/h1-3,14H,8-9H2. The molecule has 0 spiro atoms. The van der Waals surface area contributed by atoms with Gasteiger partial charge in [0.05, 0.1) is 13.2 Å². The predicted molar refractivity (Wildman–Crippen MR) is 63.1 cm³/mol. The molecule has 0 bridgehead atoms. The Morgan fingerprint density at radius 3 is 2.50 bits per heavy atom. The van der Waals surface area contributed by atoms with Gasteiger partial charge >= 0.3 is 0 Å². The van der Waals surface area contributed by atoms with E-state index in [4.69, 9.17) is 25.9 Å². The molecule has 0 aromatic carbocycles. The minimum atomic E-state index is -0.00537. The summed E-state index contributed by atoms with van der Waals surface area (Å²) in [5.74, 6) is 2.00. The van der Waals surface area contributed by atoms with Gasteiger partial charge in [-0.3, -0.25) is 5.41 Å². The van der Waals surface area contributed by atoms with Crippen molar-refractivity contribution < 1.29 is 4.74 Å². The van der Waals surface area contributed by atoms with Gasteiger partial charge in [0.1, 0.15) is 29.4 Å². The van der Waals surface area contributed by atoms with Crippen LogP contribution in [0.15, 0.2) is 40.5 Å². The summed E-state index contributed by atoms with van der Waals surface area (Å²) in [6, 6.07) is 5.34. The highest BCUT2D eigenvalue weighted by molar-refractivity contribution is 5.66. The molecule has 1 N–H and O–H groups in total. The smallest absolute Gasteiger partial charge is 0.130 e. The maximum absolute atomic E-state index is 8.67. The number of nitrogens with one attached hydrogen (secondary N) is 1. The lowest BCUT2D eigenvalue weighted by atomic mass is 10.1. The van der Waals surface area contributed by atoms with Crippen molar-refractivity contribution in [1.29, 1.82) is 21.2 Å².